The molecule has 2 N–H and O–H groups in total. The standard InChI is InChI=1S/C21H34N4O2.HI/c1-3-22-21(24-15-13-18-9-11-19(27-2)12-10-18)23-14-7-17-25-16-6-4-5-8-20(25)26;/h9-12H,3-8,13-17H2,1-2H3,(H2,22,23,24);1H. The predicted molar refractivity (Wildman–Crippen MR) is 126 cm³/mol. The maximum Gasteiger partial charge on any atom is 0.222 e. The molecule has 0 unspecified atom stereocenters. The molecule has 0 atom stereocenters. The van der Waals surface area contributed by atoms with E-state index in [9.17, 15) is 4.79 Å². The fourth-order valence-corrected chi connectivity index (χ4v) is 3.19. The topological polar surface area (TPSA) is 66.0 Å². The average Bonchev–Trinajstić information content (AvgIpc) is 2.90. The van der Waals surface area contributed by atoms with Gasteiger partial charge in [0.15, 0.2) is 5.96 Å². The summed E-state index contributed by atoms with van der Waals surface area (Å²) in [6.45, 7) is 6.16. The van der Waals surface area contributed by atoms with E-state index in [4.69, 9.17) is 4.74 Å². The lowest BCUT2D eigenvalue weighted by molar-refractivity contribution is -0.130. The smallest absolute Gasteiger partial charge is 0.222 e. The summed E-state index contributed by atoms with van der Waals surface area (Å²) in [6, 6.07) is 8.14. The van der Waals surface area contributed by atoms with Gasteiger partial charge in [0, 0.05) is 39.1 Å². The highest BCUT2D eigenvalue weighted by molar-refractivity contribution is 14.0. The highest BCUT2D eigenvalue weighted by Crippen LogP contribution is 2.12. The molecular weight excluding hydrogens is 467 g/mol. The molecule has 7 heteroatoms. The monoisotopic (exact) mass is 502 g/mol. The zero-order chi connectivity index (χ0) is 19.3. The van der Waals surface area contributed by atoms with Gasteiger partial charge < -0.3 is 20.3 Å². The molecule has 0 aliphatic carbocycles. The number of likely N-dealkylation sites (tertiary alicyclic amines) is 1. The van der Waals surface area contributed by atoms with Crippen molar-refractivity contribution in [2.75, 3.05) is 39.8 Å². The Hall–Kier alpha value is -1.51. The van der Waals surface area contributed by atoms with Crippen LogP contribution in [0.4, 0.5) is 0 Å². The van der Waals surface area contributed by atoms with Crippen LogP contribution in [0.5, 0.6) is 5.75 Å². The normalized spacial score (nSPS) is 14.9. The molecule has 1 amide bonds. The van der Waals surface area contributed by atoms with Crippen LogP contribution in [-0.4, -0.2) is 56.6 Å². The Morgan fingerprint density at radius 1 is 1.18 bits per heavy atom. The van der Waals surface area contributed by atoms with Crippen molar-refractivity contribution >= 4 is 35.8 Å². The van der Waals surface area contributed by atoms with Gasteiger partial charge in [-0.2, -0.15) is 0 Å². The number of aliphatic imine (C=N–C) groups is 1. The number of benzene rings is 1. The molecule has 1 aromatic rings. The summed E-state index contributed by atoms with van der Waals surface area (Å²) in [5.74, 6) is 2.03. The highest BCUT2D eigenvalue weighted by Gasteiger charge is 2.15. The molecule has 0 saturated carbocycles. The second-order valence-electron chi connectivity index (χ2n) is 6.83. The lowest BCUT2D eigenvalue weighted by atomic mass is 10.1. The number of carbonyl (C=O) groups is 1. The Bertz CT molecular complexity index is 593. The first kappa shape index (κ1) is 24.5. The van der Waals surface area contributed by atoms with E-state index in [2.05, 4.69) is 34.7 Å². The molecule has 1 aliphatic heterocycles. The highest BCUT2D eigenvalue weighted by atomic mass is 127. The summed E-state index contributed by atoms with van der Waals surface area (Å²) < 4.78 is 5.19. The Labute approximate surface area is 186 Å². The number of methoxy groups -OCH3 is 1. The van der Waals surface area contributed by atoms with Crippen molar-refractivity contribution in [1.82, 2.24) is 15.5 Å². The van der Waals surface area contributed by atoms with Gasteiger partial charge >= 0.3 is 0 Å². The van der Waals surface area contributed by atoms with E-state index in [0.29, 0.717) is 12.3 Å². The fourth-order valence-electron chi connectivity index (χ4n) is 3.19. The minimum atomic E-state index is 0. The second kappa shape index (κ2) is 14.5. The van der Waals surface area contributed by atoms with Crippen molar-refractivity contribution in [2.45, 2.75) is 45.4 Å². The molecule has 0 radical (unpaired) electrons. The van der Waals surface area contributed by atoms with E-state index in [0.717, 1.165) is 70.1 Å². The summed E-state index contributed by atoms with van der Waals surface area (Å²) >= 11 is 0. The molecule has 2 rings (SSSR count). The number of hydrogen-bond donors (Lipinski definition) is 2. The largest absolute Gasteiger partial charge is 0.497 e. The van der Waals surface area contributed by atoms with Crippen LogP contribution in [0.15, 0.2) is 29.3 Å². The third-order valence-corrected chi connectivity index (χ3v) is 4.74. The zero-order valence-corrected chi connectivity index (χ0v) is 19.5. The van der Waals surface area contributed by atoms with Gasteiger partial charge in [-0.1, -0.05) is 18.6 Å². The van der Waals surface area contributed by atoms with Crippen LogP contribution in [0.2, 0.25) is 0 Å². The van der Waals surface area contributed by atoms with Gasteiger partial charge in [-0.25, -0.2) is 0 Å². The lowest BCUT2D eigenvalue weighted by Gasteiger charge is -2.20. The maximum absolute atomic E-state index is 12.0. The zero-order valence-electron chi connectivity index (χ0n) is 17.2. The molecule has 6 nitrogen and oxygen atoms in total. The minimum absolute atomic E-state index is 0. The number of hydrogen-bond acceptors (Lipinski definition) is 3. The quantitative estimate of drug-likeness (QED) is 0.236. The molecule has 1 aliphatic rings. The van der Waals surface area contributed by atoms with Crippen LogP contribution < -0.4 is 15.4 Å². The third kappa shape index (κ3) is 9.12. The molecule has 158 valence electrons. The Balaban J connectivity index is 0.00000392. The van der Waals surface area contributed by atoms with Crippen molar-refractivity contribution in [3.8, 4) is 5.75 Å². The van der Waals surface area contributed by atoms with Crippen LogP contribution >= 0.6 is 24.0 Å². The molecule has 0 aromatic heterocycles. The fraction of sp³-hybridized carbons (Fsp3) is 0.619. The first-order valence-corrected chi connectivity index (χ1v) is 10.2. The number of nitrogens with zero attached hydrogens (tertiary/aromatic N) is 2. The van der Waals surface area contributed by atoms with Gasteiger partial charge in [0.1, 0.15) is 5.75 Å². The maximum atomic E-state index is 12.0. The molecule has 0 bridgehead atoms. The number of carbonyl (C=O) groups excluding carboxylic acids is 1. The third-order valence-electron chi connectivity index (χ3n) is 4.74. The van der Waals surface area contributed by atoms with Gasteiger partial charge in [-0.05, 0) is 50.3 Å². The number of ether oxygens (including phenoxy) is 1. The lowest BCUT2D eigenvalue weighted by Crippen LogP contribution is -2.38. The molecule has 1 fully saturated rings. The van der Waals surface area contributed by atoms with Crippen molar-refractivity contribution in [1.29, 1.82) is 0 Å². The Kier molecular flexibility index (Phi) is 12.7. The summed E-state index contributed by atoms with van der Waals surface area (Å²) in [5, 5.41) is 6.66. The van der Waals surface area contributed by atoms with Crippen LogP contribution in [0.1, 0.15) is 44.6 Å². The first-order valence-electron chi connectivity index (χ1n) is 10.2. The van der Waals surface area contributed by atoms with Gasteiger partial charge in [-0.3, -0.25) is 9.79 Å². The Morgan fingerprint density at radius 2 is 1.96 bits per heavy atom. The predicted octanol–water partition coefficient (Wildman–Crippen LogP) is 3.20. The van der Waals surface area contributed by atoms with Gasteiger partial charge in [0.05, 0.1) is 7.11 Å². The van der Waals surface area contributed by atoms with Crippen molar-refractivity contribution < 1.29 is 9.53 Å². The molecule has 28 heavy (non-hydrogen) atoms. The van der Waals surface area contributed by atoms with E-state index in [1.54, 1.807) is 7.11 Å². The molecular formula is C21H35IN4O2. The van der Waals surface area contributed by atoms with E-state index in [1.807, 2.05) is 17.0 Å². The summed E-state index contributed by atoms with van der Waals surface area (Å²) in [5.41, 5.74) is 1.26. The number of rotatable bonds is 9. The second-order valence-corrected chi connectivity index (χ2v) is 6.83. The number of halogens is 1. The molecule has 0 spiro atoms. The number of nitrogens with one attached hydrogen (secondary N) is 2. The van der Waals surface area contributed by atoms with Gasteiger partial charge in [0.2, 0.25) is 5.91 Å². The van der Waals surface area contributed by atoms with Crippen LogP contribution in [0, 0.1) is 0 Å². The first-order chi connectivity index (χ1) is 13.2. The average molecular weight is 502 g/mol. The molecule has 1 saturated heterocycles. The van der Waals surface area contributed by atoms with E-state index < -0.39 is 0 Å². The SMILES string of the molecule is CCNC(=NCCCN1CCCCCC1=O)NCCc1ccc(OC)cc1.I. The summed E-state index contributed by atoms with van der Waals surface area (Å²) in [7, 11) is 1.68. The summed E-state index contributed by atoms with van der Waals surface area (Å²) in [4.78, 5) is 18.7. The van der Waals surface area contributed by atoms with Crippen molar-refractivity contribution in [2.24, 2.45) is 4.99 Å². The molecule has 1 aromatic carbocycles. The Morgan fingerprint density at radius 3 is 2.68 bits per heavy atom. The van der Waals surface area contributed by atoms with Crippen LogP contribution in [-0.2, 0) is 11.2 Å². The van der Waals surface area contributed by atoms with E-state index in [-0.39, 0.29) is 24.0 Å². The summed E-state index contributed by atoms with van der Waals surface area (Å²) in [6.07, 6.45) is 5.88. The number of guanidine groups is 1. The number of amides is 1. The van der Waals surface area contributed by atoms with Crippen LogP contribution in [0.3, 0.4) is 0 Å². The van der Waals surface area contributed by atoms with Gasteiger partial charge in [-0.15, -0.1) is 24.0 Å². The minimum Gasteiger partial charge on any atom is -0.497 e. The van der Waals surface area contributed by atoms with Crippen molar-refractivity contribution in [3.63, 3.8) is 0 Å². The van der Waals surface area contributed by atoms with Crippen LogP contribution in [0.25, 0.3) is 0 Å². The van der Waals surface area contributed by atoms with Gasteiger partial charge in [0.25, 0.3) is 0 Å². The molecule has 1 heterocycles. The van der Waals surface area contributed by atoms with E-state index in [1.165, 1.54) is 12.0 Å². The van der Waals surface area contributed by atoms with Crippen molar-refractivity contribution in [3.05, 3.63) is 29.8 Å². The van der Waals surface area contributed by atoms with E-state index >= 15 is 0 Å².